The van der Waals surface area contributed by atoms with Crippen molar-refractivity contribution in [3.8, 4) is 22.5 Å². The number of rotatable bonds is 7. The molecule has 1 aliphatic carbocycles. The summed E-state index contributed by atoms with van der Waals surface area (Å²) in [7, 11) is 0. The summed E-state index contributed by atoms with van der Waals surface area (Å²) in [6, 6.07) is 19.3. The number of carbonyl (C=O) groups excluding carboxylic acids is 1. The average Bonchev–Trinajstić information content (AvgIpc) is 3.59. The predicted molar refractivity (Wildman–Crippen MR) is 133 cm³/mol. The number of anilines is 1. The summed E-state index contributed by atoms with van der Waals surface area (Å²) in [6.45, 7) is 3.87. The third kappa shape index (κ3) is 4.73. The monoisotopic (exact) mass is 471 g/mol. The van der Waals surface area contributed by atoms with Crippen LogP contribution in [0.5, 0.6) is 0 Å². The molecule has 1 aliphatic rings. The third-order valence-electron chi connectivity index (χ3n) is 5.73. The highest BCUT2D eigenvalue weighted by molar-refractivity contribution is 7.92. The first-order valence-electron chi connectivity index (χ1n) is 11.3. The highest BCUT2D eigenvalue weighted by Gasteiger charge is 2.26. The zero-order valence-electron chi connectivity index (χ0n) is 19.0. The van der Waals surface area contributed by atoms with Gasteiger partial charge in [0.25, 0.3) is 5.91 Å². The Labute approximate surface area is 201 Å². The number of aromatic nitrogens is 4. The van der Waals surface area contributed by atoms with Gasteiger partial charge in [0, 0.05) is 23.5 Å². The van der Waals surface area contributed by atoms with Crippen LogP contribution in [0.4, 0.5) is 5.69 Å². The zero-order chi connectivity index (χ0) is 23.7. The molecule has 172 valence electrons. The van der Waals surface area contributed by atoms with Crippen molar-refractivity contribution in [1.29, 1.82) is 0 Å². The van der Waals surface area contributed by atoms with E-state index < -0.39 is 11.2 Å². The molecule has 2 aromatic heterocycles. The molecule has 1 unspecified atom stereocenters. The van der Waals surface area contributed by atoms with E-state index in [9.17, 15) is 9.35 Å². The van der Waals surface area contributed by atoms with Crippen molar-refractivity contribution in [2.45, 2.75) is 42.9 Å². The maximum Gasteiger partial charge on any atom is 0.274 e. The molecular weight excluding hydrogens is 446 g/mol. The van der Waals surface area contributed by atoms with Crippen molar-refractivity contribution in [3.05, 3.63) is 78.9 Å². The summed E-state index contributed by atoms with van der Waals surface area (Å²) in [4.78, 5) is 18.0. The molecule has 1 fully saturated rings. The van der Waals surface area contributed by atoms with Gasteiger partial charge in [-0.15, -0.1) is 10.2 Å². The van der Waals surface area contributed by atoms with E-state index in [1.807, 2.05) is 68.4 Å². The minimum absolute atomic E-state index is 0.0608. The molecule has 1 saturated carbocycles. The Morgan fingerprint density at radius 3 is 2.59 bits per heavy atom. The molecule has 5 rings (SSSR count). The standard InChI is InChI=1S/C26H25N5O2S/c1-17(2)34(33)23-10-6-18(7-11-23)19-12-13-27-24(15-19)26(32)29-21-5-3-4-20(14-21)25-30-28-16-31(25)22-8-9-22/h3-7,10-17,22H,8-9H2,1-2H3,(H,29,32). The molecule has 1 amide bonds. The Morgan fingerprint density at radius 2 is 1.85 bits per heavy atom. The summed E-state index contributed by atoms with van der Waals surface area (Å²) in [5.41, 5.74) is 3.69. The summed E-state index contributed by atoms with van der Waals surface area (Å²) >= 11 is -1.03. The molecule has 8 heteroatoms. The van der Waals surface area contributed by atoms with Gasteiger partial charge in [-0.3, -0.25) is 9.78 Å². The van der Waals surface area contributed by atoms with Crippen LogP contribution < -0.4 is 5.32 Å². The van der Waals surface area contributed by atoms with Gasteiger partial charge in [-0.25, -0.2) is 0 Å². The summed E-state index contributed by atoms with van der Waals surface area (Å²) in [6.07, 6.45) is 5.67. The van der Waals surface area contributed by atoms with E-state index >= 15 is 0 Å². The van der Waals surface area contributed by atoms with Crippen molar-refractivity contribution >= 4 is 22.8 Å². The summed E-state index contributed by atoms with van der Waals surface area (Å²) in [5.74, 6) is 0.515. The fraction of sp³-hybridized carbons (Fsp3) is 0.231. The lowest BCUT2D eigenvalue weighted by Crippen LogP contribution is -2.14. The number of hydrogen-bond donors (Lipinski definition) is 1. The number of hydrogen-bond acceptors (Lipinski definition) is 5. The Kier molecular flexibility index (Phi) is 6.17. The lowest BCUT2D eigenvalue weighted by Gasteiger charge is -2.14. The smallest absolute Gasteiger partial charge is 0.274 e. The van der Waals surface area contributed by atoms with Crippen molar-refractivity contribution in [2.75, 3.05) is 5.32 Å². The van der Waals surface area contributed by atoms with Gasteiger partial charge in [0.2, 0.25) is 0 Å². The highest BCUT2D eigenvalue weighted by atomic mass is 32.2. The van der Waals surface area contributed by atoms with Crippen molar-refractivity contribution < 1.29 is 9.35 Å². The molecule has 4 aromatic rings. The Hall–Kier alpha value is -3.49. The molecule has 0 bridgehead atoms. The SMILES string of the molecule is CC(C)[S+]([O-])c1ccc(-c2ccnc(C(=O)Nc3cccc(-c4nncn4C4CC4)c3)c2)cc1. The van der Waals surface area contributed by atoms with Crippen LogP contribution in [0.2, 0.25) is 0 Å². The normalized spacial score (nSPS) is 14.2. The van der Waals surface area contributed by atoms with E-state index in [2.05, 4.69) is 25.1 Å². The average molecular weight is 472 g/mol. The van der Waals surface area contributed by atoms with Gasteiger partial charge >= 0.3 is 0 Å². The molecule has 2 aromatic carbocycles. The van der Waals surface area contributed by atoms with E-state index in [-0.39, 0.29) is 11.2 Å². The number of nitrogens with zero attached hydrogens (tertiary/aromatic N) is 4. The van der Waals surface area contributed by atoms with E-state index in [0.29, 0.717) is 17.4 Å². The molecular formula is C26H25N5O2S. The van der Waals surface area contributed by atoms with Gasteiger partial charge in [0.05, 0.1) is 0 Å². The summed E-state index contributed by atoms with van der Waals surface area (Å²) in [5, 5.41) is 11.3. The van der Waals surface area contributed by atoms with E-state index in [1.165, 1.54) is 0 Å². The lowest BCUT2D eigenvalue weighted by molar-refractivity contribution is 0.102. The van der Waals surface area contributed by atoms with Crippen LogP contribution in [-0.2, 0) is 11.2 Å². The number of carbonyl (C=O) groups is 1. The molecule has 7 nitrogen and oxygen atoms in total. The minimum atomic E-state index is -1.03. The van der Waals surface area contributed by atoms with Crippen LogP contribution in [0.1, 0.15) is 43.2 Å². The molecule has 0 saturated heterocycles. The second-order valence-corrected chi connectivity index (χ2v) is 10.6. The zero-order valence-corrected chi connectivity index (χ0v) is 19.8. The lowest BCUT2D eigenvalue weighted by atomic mass is 10.1. The van der Waals surface area contributed by atoms with Crippen LogP contribution in [-0.4, -0.2) is 35.5 Å². The molecule has 34 heavy (non-hydrogen) atoms. The quantitative estimate of drug-likeness (QED) is 0.378. The van der Waals surface area contributed by atoms with Crippen LogP contribution in [0.25, 0.3) is 22.5 Å². The molecule has 1 N–H and O–H groups in total. The van der Waals surface area contributed by atoms with Crippen LogP contribution in [0.3, 0.4) is 0 Å². The number of nitrogens with one attached hydrogen (secondary N) is 1. The molecule has 0 spiro atoms. The summed E-state index contributed by atoms with van der Waals surface area (Å²) < 4.78 is 14.4. The second kappa shape index (κ2) is 9.40. The third-order valence-corrected chi connectivity index (χ3v) is 7.33. The van der Waals surface area contributed by atoms with Gasteiger partial charge in [-0.1, -0.05) is 12.1 Å². The predicted octanol–water partition coefficient (Wildman–Crippen LogP) is 5.11. The first kappa shape index (κ1) is 22.3. The first-order valence-corrected chi connectivity index (χ1v) is 12.5. The van der Waals surface area contributed by atoms with Crippen LogP contribution in [0, 0.1) is 0 Å². The maximum atomic E-state index is 13.0. The van der Waals surface area contributed by atoms with Crippen LogP contribution >= 0.6 is 0 Å². The molecule has 0 aliphatic heterocycles. The van der Waals surface area contributed by atoms with Gasteiger partial charge in [0.1, 0.15) is 17.3 Å². The van der Waals surface area contributed by atoms with Gasteiger partial charge in [-0.2, -0.15) is 0 Å². The maximum absolute atomic E-state index is 13.0. The largest absolute Gasteiger partial charge is 0.611 e. The Balaban J connectivity index is 1.33. The highest BCUT2D eigenvalue weighted by Crippen LogP contribution is 2.37. The number of pyridine rings is 1. The van der Waals surface area contributed by atoms with Gasteiger partial charge in [0.15, 0.2) is 10.7 Å². The van der Waals surface area contributed by atoms with Crippen molar-refractivity contribution in [1.82, 2.24) is 19.7 Å². The number of amides is 1. The topological polar surface area (TPSA) is 95.8 Å². The minimum Gasteiger partial charge on any atom is -0.611 e. The van der Waals surface area contributed by atoms with Gasteiger partial charge in [-0.05, 0) is 97.5 Å². The first-order chi connectivity index (χ1) is 16.5. The van der Waals surface area contributed by atoms with E-state index in [1.54, 1.807) is 18.6 Å². The Bertz CT molecular complexity index is 1310. The van der Waals surface area contributed by atoms with Gasteiger partial charge < -0.3 is 14.4 Å². The Morgan fingerprint density at radius 1 is 1.06 bits per heavy atom. The van der Waals surface area contributed by atoms with E-state index in [0.717, 1.165) is 40.3 Å². The fourth-order valence-electron chi connectivity index (χ4n) is 3.79. The molecule has 2 heterocycles. The molecule has 0 radical (unpaired) electrons. The number of benzene rings is 2. The van der Waals surface area contributed by atoms with Crippen LogP contribution in [0.15, 0.2) is 78.1 Å². The second-order valence-electron chi connectivity index (χ2n) is 8.63. The fourth-order valence-corrected chi connectivity index (χ4v) is 4.74. The van der Waals surface area contributed by atoms with E-state index in [4.69, 9.17) is 0 Å². The molecule has 1 atom stereocenters. The van der Waals surface area contributed by atoms with Crippen molar-refractivity contribution in [2.24, 2.45) is 0 Å². The van der Waals surface area contributed by atoms with Crippen molar-refractivity contribution in [3.63, 3.8) is 0 Å².